The number of halogens is 2. The highest BCUT2D eigenvalue weighted by Gasteiger charge is 2.22. The molecule has 0 amide bonds. The first-order chi connectivity index (χ1) is 8.86. The Kier molecular flexibility index (Phi) is 5.94. The molecule has 106 valence electrons. The van der Waals surface area contributed by atoms with Gasteiger partial charge in [-0.25, -0.2) is 0 Å². The van der Waals surface area contributed by atoms with Crippen molar-refractivity contribution in [2.45, 2.75) is 26.7 Å². The van der Waals surface area contributed by atoms with Crippen LogP contribution < -0.4 is 11.1 Å². The van der Waals surface area contributed by atoms with E-state index in [1.807, 2.05) is 32.0 Å². The Balaban J connectivity index is 2.43. The lowest BCUT2D eigenvalue weighted by Crippen LogP contribution is -2.32. The molecule has 4 N–H and O–H groups in total. The molecule has 0 saturated carbocycles. The normalized spacial score (nSPS) is 12.5. The molecule has 0 saturated heterocycles. The second-order valence-corrected chi connectivity index (χ2v) is 6.31. The molecule has 0 radical (unpaired) electrons. The summed E-state index contributed by atoms with van der Waals surface area (Å²) in [5.74, 6) is 0.264. The second kappa shape index (κ2) is 7.01. The van der Waals surface area contributed by atoms with E-state index in [9.17, 15) is 0 Å². The topological polar surface area (TPSA) is 70.6 Å². The molecule has 0 bridgehead atoms. The lowest BCUT2D eigenvalue weighted by Gasteiger charge is -2.22. The van der Waals surface area contributed by atoms with Crippen molar-refractivity contribution in [3.05, 3.63) is 27.7 Å². The molecule has 1 aromatic rings. The maximum atomic E-state index is 8.70. The van der Waals surface area contributed by atoms with Crippen LogP contribution in [0.3, 0.4) is 0 Å². The van der Waals surface area contributed by atoms with Crippen molar-refractivity contribution in [3.8, 4) is 0 Å². The van der Waals surface area contributed by atoms with Gasteiger partial charge in [0.25, 0.3) is 0 Å². The number of nitrogens with zero attached hydrogens (tertiary/aromatic N) is 1. The number of nitrogens with two attached hydrogens (primary N) is 1. The van der Waals surface area contributed by atoms with Crippen molar-refractivity contribution in [2.75, 3.05) is 11.9 Å². The van der Waals surface area contributed by atoms with Gasteiger partial charge in [0.15, 0.2) is 0 Å². The first-order valence-electron chi connectivity index (χ1n) is 6.04. The third-order valence-electron chi connectivity index (χ3n) is 3.03. The molecule has 1 rings (SSSR count). The summed E-state index contributed by atoms with van der Waals surface area (Å²) < 4.78 is 0.940. The monoisotopic (exact) mass is 347 g/mol. The molecule has 0 aliphatic carbocycles. The van der Waals surface area contributed by atoms with Crippen LogP contribution in [0.2, 0.25) is 5.02 Å². The van der Waals surface area contributed by atoms with Crippen LogP contribution in [0.25, 0.3) is 0 Å². The summed E-state index contributed by atoms with van der Waals surface area (Å²) >= 11 is 9.33. The fourth-order valence-corrected chi connectivity index (χ4v) is 2.47. The van der Waals surface area contributed by atoms with Crippen molar-refractivity contribution < 1.29 is 5.21 Å². The number of benzene rings is 1. The Morgan fingerprint density at radius 2 is 2.21 bits per heavy atom. The van der Waals surface area contributed by atoms with E-state index in [1.54, 1.807) is 0 Å². The van der Waals surface area contributed by atoms with E-state index in [4.69, 9.17) is 22.5 Å². The van der Waals surface area contributed by atoms with Crippen molar-refractivity contribution in [2.24, 2.45) is 16.3 Å². The van der Waals surface area contributed by atoms with Gasteiger partial charge in [-0.3, -0.25) is 0 Å². The largest absolute Gasteiger partial charge is 0.409 e. The fraction of sp³-hybridized carbons (Fsp3) is 0.462. The van der Waals surface area contributed by atoms with Gasteiger partial charge in [0.2, 0.25) is 0 Å². The average molecular weight is 349 g/mol. The third kappa shape index (κ3) is 4.91. The first kappa shape index (κ1) is 16.1. The highest BCUT2D eigenvalue weighted by atomic mass is 79.9. The van der Waals surface area contributed by atoms with Crippen LogP contribution in [0.15, 0.2) is 27.8 Å². The summed E-state index contributed by atoms with van der Waals surface area (Å²) in [6.45, 7) is 4.73. The van der Waals surface area contributed by atoms with Gasteiger partial charge in [0.05, 0.1) is 0 Å². The zero-order chi connectivity index (χ0) is 14.5. The van der Waals surface area contributed by atoms with E-state index in [-0.39, 0.29) is 11.3 Å². The molecular weight excluding hydrogens is 330 g/mol. The van der Waals surface area contributed by atoms with E-state index in [2.05, 4.69) is 26.4 Å². The molecule has 0 aromatic heterocycles. The summed E-state index contributed by atoms with van der Waals surface area (Å²) in [4.78, 5) is 0. The number of nitrogens with one attached hydrogen (secondary N) is 1. The van der Waals surface area contributed by atoms with E-state index in [1.165, 1.54) is 0 Å². The standard InChI is InChI=1S/C13H19BrClN3O/c1-13(2,12(16)18-19)6-3-7-17-11-5-4-9(15)8-10(11)14/h4-5,8,17,19H,3,6-7H2,1-2H3,(H2,16,18). The molecule has 0 unspecified atom stereocenters. The molecule has 0 heterocycles. The summed E-state index contributed by atoms with van der Waals surface area (Å²) in [5, 5.41) is 15.8. The Morgan fingerprint density at radius 1 is 1.53 bits per heavy atom. The minimum absolute atomic E-state index is 0.264. The van der Waals surface area contributed by atoms with Crippen LogP contribution in [0.4, 0.5) is 5.69 Å². The SMILES string of the molecule is CC(C)(CCCNc1ccc(Cl)cc1Br)/C(N)=N/O. The Labute approximate surface area is 127 Å². The maximum Gasteiger partial charge on any atom is 0.144 e. The Hall–Kier alpha value is -0.940. The number of hydrogen-bond donors (Lipinski definition) is 3. The summed E-state index contributed by atoms with van der Waals surface area (Å²) in [6.07, 6.45) is 1.75. The molecule has 4 nitrogen and oxygen atoms in total. The number of anilines is 1. The lowest BCUT2D eigenvalue weighted by atomic mass is 9.86. The zero-order valence-corrected chi connectivity index (χ0v) is 13.4. The molecule has 0 fully saturated rings. The molecule has 19 heavy (non-hydrogen) atoms. The molecule has 1 aromatic carbocycles. The smallest absolute Gasteiger partial charge is 0.144 e. The second-order valence-electron chi connectivity index (χ2n) is 5.02. The molecule has 0 aliphatic rings. The first-order valence-corrected chi connectivity index (χ1v) is 7.21. The van der Waals surface area contributed by atoms with Crippen LogP contribution >= 0.6 is 27.5 Å². The van der Waals surface area contributed by atoms with Gasteiger partial charge in [0, 0.05) is 27.1 Å². The summed E-state index contributed by atoms with van der Waals surface area (Å²) in [6, 6.07) is 5.63. The highest BCUT2D eigenvalue weighted by molar-refractivity contribution is 9.10. The summed E-state index contributed by atoms with van der Waals surface area (Å²) in [5.41, 5.74) is 6.35. The average Bonchev–Trinajstić information content (AvgIpc) is 2.35. The van der Waals surface area contributed by atoms with Crippen molar-refractivity contribution in [3.63, 3.8) is 0 Å². The molecule has 0 aliphatic heterocycles. The van der Waals surface area contributed by atoms with E-state index < -0.39 is 0 Å². The number of amidine groups is 1. The van der Waals surface area contributed by atoms with Gasteiger partial charge >= 0.3 is 0 Å². The van der Waals surface area contributed by atoms with Crippen molar-refractivity contribution >= 4 is 39.1 Å². The maximum absolute atomic E-state index is 8.70. The highest BCUT2D eigenvalue weighted by Crippen LogP contribution is 2.26. The molecular formula is C13H19BrClN3O. The number of rotatable bonds is 6. The van der Waals surface area contributed by atoms with Gasteiger partial charge in [-0.1, -0.05) is 30.6 Å². The van der Waals surface area contributed by atoms with Crippen LogP contribution in [0.5, 0.6) is 0 Å². The van der Waals surface area contributed by atoms with Gasteiger partial charge in [-0.15, -0.1) is 0 Å². The van der Waals surface area contributed by atoms with Crippen LogP contribution in [0.1, 0.15) is 26.7 Å². The summed E-state index contributed by atoms with van der Waals surface area (Å²) in [7, 11) is 0. The number of oxime groups is 1. The quantitative estimate of drug-likeness (QED) is 0.239. The Morgan fingerprint density at radius 3 is 2.79 bits per heavy atom. The predicted octanol–water partition coefficient (Wildman–Crippen LogP) is 4.07. The van der Waals surface area contributed by atoms with E-state index in [0.29, 0.717) is 5.02 Å². The van der Waals surface area contributed by atoms with E-state index in [0.717, 1.165) is 29.5 Å². The molecule has 6 heteroatoms. The third-order valence-corrected chi connectivity index (χ3v) is 3.92. The van der Waals surface area contributed by atoms with Crippen LogP contribution in [-0.2, 0) is 0 Å². The van der Waals surface area contributed by atoms with Gasteiger partial charge in [-0.2, -0.15) is 0 Å². The van der Waals surface area contributed by atoms with Crippen molar-refractivity contribution in [1.82, 2.24) is 0 Å². The van der Waals surface area contributed by atoms with Gasteiger partial charge < -0.3 is 16.3 Å². The van der Waals surface area contributed by atoms with Crippen LogP contribution in [0, 0.1) is 5.41 Å². The number of hydrogen-bond acceptors (Lipinski definition) is 3. The lowest BCUT2D eigenvalue weighted by molar-refractivity contribution is 0.305. The zero-order valence-electron chi connectivity index (χ0n) is 11.1. The minimum atomic E-state index is -0.298. The van der Waals surface area contributed by atoms with Gasteiger partial charge in [-0.05, 0) is 47.0 Å². The van der Waals surface area contributed by atoms with Crippen LogP contribution in [-0.4, -0.2) is 17.6 Å². The van der Waals surface area contributed by atoms with Gasteiger partial charge in [0.1, 0.15) is 5.84 Å². The molecule has 0 atom stereocenters. The molecule has 0 spiro atoms. The fourth-order valence-electron chi connectivity index (χ4n) is 1.65. The Bertz CT molecular complexity index is 463. The van der Waals surface area contributed by atoms with Crippen molar-refractivity contribution in [1.29, 1.82) is 0 Å². The van der Waals surface area contributed by atoms with E-state index >= 15 is 0 Å². The minimum Gasteiger partial charge on any atom is -0.409 e. The predicted molar refractivity (Wildman–Crippen MR) is 84.1 cm³/mol.